The van der Waals surface area contributed by atoms with Crippen LogP contribution in [0, 0.1) is 0 Å². The van der Waals surface area contributed by atoms with Crippen molar-refractivity contribution >= 4 is 0 Å². The van der Waals surface area contributed by atoms with Crippen LogP contribution in [0.2, 0.25) is 0 Å². The number of likely N-dealkylation sites (N-methyl/N-ethyl adjacent to an activating group) is 1. The van der Waals surface area contributed by atoms with E-state index in [-0.39, 0.29) is 0 Å². The minimum atomic E-state index is 0.536. The van der Waals surface area contributed by atoms with Gasteiger partial charge in [-0.3, -0.25) is 9.80 Å². The van der Waals surface area contributed by atoms with Gasteiger partial charge >= 0.3 is 0 Å². The average molecular weight is 216 g/mol. The fourth-order valence-electron chi connectivity index (χ4n) is 3.21. The van der Waals surface area contributed by atoms with Crippen molar-refractivity contribution in [2.45, 2.75) is 24.9 Å². The van der Waals surface area contributed by atoms with Gasteiger partial charge in [0.2, 0.25) is 0 Å². The molecule has 2 heteroatoms. The molecule has 0 unspecified atom stereocenters. The van der Waals surface area contributed by atoms with Gasteiger partial charge < -0.3 is 0 Å². The van der Waals surface area contributed by atoms with E-state index < -0.39 is 0 Å². The summed E-state index contributed by atoms with van der Waals surface area (Å²) < 4.78 is 0. The van der Waals surface area contributed by atoms with Crippen LogP contribution in [0.5, 0.6) is 0 Å². The maximum Gasteiger partial charge on any atom is 0.0460 e. The van der Waals surface area contributed by atoms with Crippen LogP contribution in [0.1, 0.15) is 18.4 Å². The first-order valence-electron chi connectivity index (χ1n) is 6.26. The Labute approximate surface area is 97.9 Å². The van der Waals surface area contributed by atoms with Crippen molar-refractivity contribution in [3.05, 3.63) is 35.9 Å². The van der Waals surface area contributed by atoms with E-state index in [0.29, 0.717) is 5.54 Å². The van der Waals surface area contributed by atoms with E-state index in [1.807, 2.05) is 0 Å². The van der Waals surface area contributed by atoms with Gasteiger partial charge in [0, 0.05) is 25.2 Å². The quantitative estimate of drug-likeness (QED) is 0.745. The third-order valence-corrected chi connectivity index (χ3v) is 4.23. The summed E-state index contributed by atoms with van der Waals surface area (Å²) >= 11 is 0. The lowest BCUT2D eigenvalue weighted by Gasteiger charge is -2.52. The Hall–Kier alpha value is -0.860. The zero-order valence-corrected chi connectivity index (χ0v) is 10.0. The summed E-state index contributed by atoms with van der Waals surface area (Å²) in [5.41, 5.74) is 1.98. The number of rotatable bonds is 2. The monoisotopic (exact) mass is 216 g/mol. The highest BCUT2D eigenvalue weighted by Crippen LogP contribution is 2.36. The molecule has 0 atom stereocenters. The fraction of sp³-hybridized carbons (Fsp3) is 0.571. The molecule has 0 amide bonds. The van der Waals surface area contributed by atoms with E-state index in [1.165, 1.54) is 38.0 Å². The minimum Gasteiger partial charge on any atom is -0.298 e. The Morgan fingerprint density at radius 3 is 2.56 bits per heavy atom. The van der Waals surface area contributed by atoms with Crippen LogP contribution in [-0.2, 0) is 6.54 Å². The molecule has 0 aromatic heterocycles. The van der Waals surface area contributed by atoms with Gasteiger partial charge in [0.05, 0.1) is 0 Å². The molecule has 0 saturated carbocycles. The smallest absolute Gasteiger partial charge is 0.0460 e. The molecule has 86 valence electrons. The van der Waals surface area contributed by atoms with Crippen molar-refractivity contribution in [3.63, 3.8) is 0 Å². The molecule has 2 fully saturated rings. The Kier molecular flexibility index (Phi) is 2.49. The van der Waals surface area contributed by atoms with Gasteiger partial charge in [-0.15, -0.1) is 0 Å². The van der Waals surface area contributed by atoms with Crippen LogP contribution < -0.4 is 0 Å². The Morgan fingerprint density at radius 2 is 1.94 bits per heavy atom. The Bertz CT molecular complexity index is 354. The molecule has 1 aromatic carbocycles. The second-order valence-corrected chi connectivity index (χ2v) is 5.38. The molecule has 2 nitrogen and oxygen atoms in total. The summed E-state index contributed by atoms with van der Waals surface area (Å²) in [6.07, 6.45) is 2.78. The highest BCUT2D eigenvalue weighted by Gasteiger charge is 2.47. The fourth-order valence-corrected chi connectivity index (χ4v) is 3.21. The normalized spacial score (nSPS) is 24.8. The molecule has 2 heterocycles. The summed E-state index contributed by atoms with van der Waals surface area (Å²) in [6, 6.07) is 10.8. The average Bonchev–Trinajstić information content (AvgIpc) is 2.62. The molecular weight excluding hydrogens is 196 g/mol. The zero-order chi connectivity index (χ0) is 11.0. The second-order valence-electron chi connectivity index (χ2n) is 5.38. The Balaban J connectivity index is 1.58. The molecule has 0 N–H and O–H groups in total. The lowest BCUT2D eigenvalue weighted by atomic mass is 9.87. The van der Waals surface area contributed by atoms with Crippen LogP contribution in [0.15, 0.2) is 30.3 Å². The van der Waals surface area contributed by atoms with E-state index in [9.17, 15) is 0 Å². The van der Waals surface area contributed by atoms with Crippen molar-refractivity contribution in [1.82, 2.24) is 9.80 Å². The number of benzene rings is 1. The molecular formula is C14H20N2. The van der Waals surface area contributed by atoms with Gasteiger partial charge in [0.1, 0.15) is 0 Å². The van der Waals surface area contributed by atoms with E-state index in [1.54, 1.807) is 0 Å². The van der Waals surface area contributed by atoms with Gasteiger partial charge in [-0.2, -0.15) is 0 Å². The predicted molar refractivity (Wildman–Crippen MR) is 66.3 cm³/mol. The summed E-state index contributed by atoms with van der Waals surface area (Å²) in [5.74, 6) is 0. The van der Waals surface area contributed by atoms with Crippen LogP contribution in [-0.4, -0.2) is 42.0 Å². The maximum atomic E-state index is 2.57. The summed E-state index contributed by atoms with van der Waals surface area (Å²) in [6.45, 7) is 4.94. The molecule has 2 saturated heterocycles. The number of hydrogen-bond acceptors (Lipinski definition) is 2. The number of nitrogens with zero attached hydrogens (tertiary/aromatic N) is 2. The van der Waals surface area contributed by atoms with Crippen molar-refractivity contribution in [2.75, 3.05) is 26.7 Å². The van der Waals surface area contributed by atoms with Crippen LogP contribution in [0.25, 0.3) is 0 Å². The largest absolute Gasteiger partial charge is 0.298 e. The van der Waals surface area contributed by atoms with Crippen molar-refractivity contribution in [2.24, 2.45) is 0 Å². The molecule has 1 spiro atoms. The van der Waals surface area contributed by atoms with Gasteiger partial charge in [-0.1, -0.05) is 30.3 Å². The first-order chi connectivity index (χ1) is 7.78. The van der Waals surface area contributed by atoms with Gasteiger partial charge in [0.25, 0.3) is 0 Å². The molecule has 2 aliphatic heterocycles. The number of hydrogen-bond donors (Lipinski definition) is 0. The lowest BCUT2D eigenvalue weighted by molar-refractivity contribution is -0.0216. The van der Waals surface area contributed by atoms with Crippen molar-refractivity contribution < 1.29 is 0 Å². The predicted octanol–water partition coefficient (Wildman–Crippen LogP) is 1.97. The lowest BCUT2D eigenvalue weighted by Crippen LogP contribution is -2.66. The maximum absolute atomic E-state index is 2.57. The molecule has 0 aliphatic carbocycles. The first-order valence-corrected chi connectivity index (χ1v) is 6.26. The Morgan fingerprint density at radius 1 is 1.19 bits per heavy atom. The third kappa shape index (κ3) is 1.66. The second kappa shape index (κ2) is 3.86. The van der Waals surface area contributed by atoms with Crippen LogP contribution in [0.3, 0.4) is 0 Å². The van der Waals surface area contributed by atoms with Gasteiger partial charge in [-0.25, -0.2) is 0 Å². The van der Waals surface area contributed by atoms with E-state index in [4.69, 9.17) is 0 Å². The molecule has 1 aromatic rings. The van der Waals surface area contributed by atoms with Crippen molar-refractivity contribution in [3.8, 4) is 0 Å². The SMILES string of the molecule is CN1CCCC12CN(Cc1ccccc1)C2. The molecule has 16 heavy (non-hydrogen) atoms. The summed E-state index contributed by atoms with van der Waals surface area (Å²) in [7, 11) is 2.28. The summed E-state index contributed by atoms with van der Waals surface area (Å²) in [5, 5.41) is 0. The summed E-state index contributed by atoms with van der Waals surface area (Å²) in [4.78, 5) is 5.13. The highest BCUT2D eigenvalue weighted by molar-refractivity contribution is 5.16. The molecule has 3 rings (SSSR count). The van der Waals surface area contributed by atoms with Crippen LogP contribution in [0.4, 0.5) is 0 Å². The standard InChI is InChI=1S/C14H20N2/c1-15-9-5-8-14(15)11-16(12-14)10-13-6-3-2-4-7-13/h2-4,6-7H,5,8-12H2,1H3. The van der Waals surface area contributed by atoms with Gasteiger partial charge in [0.15, 0.2) is 0 Å². The molecule has 2 aliphatic rings. The number of likely N-dealkylation sites (tertiary alicyclic amines) is 2. The third-order valence-electron chi connectivity index (χ3n) is 4.23. The molecule has 0 radical (unpaired) electrons. The van der Waals surface area contributed by atoms with E-state index in [0.717, 1.165) is 6.54 Å². The first kappa shape index (κ1) is 10.3. The zero-order valence-electron chi connectivity index (χ0n) is 10.0. The minimum absolute atomic E-state index is 0.536. The van der Waals surface area contributed by atoms with E-state index >= 15 is 0 Å². The van der Waals surface area contributed by atoms with Crippen molar-refractivity contribution in [1.29, 1.82) is 0 Å². The van der Waals surface area contributed by atoms with E-state index in [2.05, 4.69) is 47.2 Å². The molecule has 0 bridgehead atoms. The topological polar surface area (TPSA) is 6.48 Å². The van der Waals surface area contributed by atoms with Crippen LogP contribution >= 0.6 is 0 Å². The highest BCUT2D eigenvalue weighted by atomic mass is 15.4. The van der Waals surface area contributed by atoms with Gasteiger partial charge in [-0.05, 0) is 32.0 Å².